The Balaban J connectivity index is 2.03. The van der Waals surface area contributed by atoms with E-state index in [-0.39, 0.29) is 5.54 Å². The van der Waals surface area contributed by atoms with Crippen molar-refractivity contribution in [2.75, 3.05) is 0 Å². The van der Waals surface area contributed by atoms with Crippen LogP contribution < -0.4 is 5.73 Å². The second-order valence-electron chi connectivity index (χ2n) is 5.01. The van der Waals surface area contributed by atoms with Gasteiger partial charge in [0.15, 0.2) is 0 Å². The van der Waals surface area contributed by atoms with Crippen molar-refractivity contribution in [3.05, 3.63) is 18.2 Å². The maximum absolute atomic E-state index is 6.43. The minimum Gasteiger partial charge on any atom is -0.338 e. The third-order valence-electron chi connectivity index (χ3n) is 3.75. The maximum Gasteiger partial charge on any atom is 0.110 e. The van der Waals surface area contributed by atoms with E-state index in [1.165, 1.54) is 12.8 Å². The zero-order chi connectivity index (χ0) is 10.9. The first-order valence-electron chi connectivity index (χ1n) is 5.88. The van der Waals surface area contributed by atoms with Crippen LogP contribution in [0.4, 0.5) is 0 Å². The van der Waals surface area contributed by atoms with Crippen LogP contribution in [0.1, 0.15) is 38.4 Å². The lowest BCUT2D eigenvalue weighted by Gasteiger charge is -2.23. The first-order chi connectivity index (χ1) is 7.13. The third-order valence-corrected chi connectivity index (χ3v) is 3.75. The molecule has 1 aliphatic rings. The summed E-state index contributed by atoms with van der Waals surface area (Å²) in [5.41, 5.74) is 6.43. The molecule has 2 N–H and O–H groups in total. The summed E-state index contributed by atoms with van der Waals surface area (Å²) in [5.74, 6) is 1.95. The van der Waals surface area contributed by atoms with Crippen molar-refractivity contribution in [2.24, 2.45) is 18.7 Å². The summed E-state index contributed by atoms with van der Waals surface area (Å²) in [6.07, 6.45) is 9.63. The second-order valence-corrected chi connectivity index (χ2v) is 5.01. The largest absolute Gasteiger partial charge is 0.338 e. The van der Waals surface area contributed by atoms with Crippen molar-refractivity contribution < 1.29 is 0 Å². The van der Waals surface area contributed by atoms with Crippen molar-refractivity contribution in [3.8, 4) is 0 Å². The molecule has 84 valence electrons. The molecular formula is C12H21N3. The first kappa shape index (κ1) is 10.7. The monoisotopic (exact) mass is 207 g/mol. The first-order valence-corrected chi connectivity index (χ1v) is 5.88. The number of hydrogen-bond acceptors (Lipinski definition) is 2. The molecule has 0 spiro atoms. The van der Waals surface area contributed by atoms with Crippen LogP contribution >= 0.6 is 0 Å². The van der Waals surface area contributed by atoms with Gasteiger partial charge in [0.1, 0.15) is 5.82 Å². The number of aryl methyl sites for hydroxylation is 1. The normalized spacial score (nSPS) is 31.0. The van der Waals surface area contributed by atoms with Crippen LogP contribution in [-0.4, -0.2) is 15.1 Å². The van der Waals surface area contributed by atoms with Gasteiger partial charge in [-0.2, -0.15) is 0 Å². The quantitative estimate of drug-likeness (QED) is 0.822. The van der Waals surface area contributed by atoms with E-state index in [0.717, 1.165) is 31.0 Å². The summed E-state index contributed by atoms with van der Waals surface area (Å²) in [5, 5.41) is 0. The van der Waals surface area contributed by atoms with Gasteiger partial charge in [0.2, 0.25) is 0 Å². The van der Waals surface area contributed by atoms with Gasteiger partial charge in [-0.15, -0.1) is 0 Å². The highest BCUT2D eigenvalue weighted by Crippen LogP contribution is 2.36. The summed E-state index contributed by atoms with van der Waals surface area (Å²) in [4.78, 5) is 4.36. The number of nitrogens with zero attached hydrogens (tertiary/aromatic N) is 2. The molecule has 2 atom stereocenters. The van der Waals surface area contributed by atoms with Gasteiger partial charge < -0.3 is 10.3 Å². The van der Waals surface area contributed by atoms with Gasteiger partial charge >= 0.3 is 0 Å². The average Bonchev–Trinajstić information content (AvgIpc) is 2.75. The standard InChI is InChI=1S/C12H21N3/c1-3-10-4-5-12(13,8-10)9-11-14-6-7-15(11)2/h6-7,10H,3-5,8-9,13H2,1-2H3. The number of nitrogens with two attached hydrogens (primary N) is 1. The van der Waals surface area contributed by atoms with Crippen LogP contribution in [0, 0.1) is 5.92 Å². The van der Waals surface area contributed by atoms with Crippen molar-refractivity contribution in [2.45, 2.75) is 44.6 Å². The summed E-state index contributed by atoms with van der Waals surface area (Å²) in [6, 6.07) is 0. The zero-order valence-corrected chi connectivity index (χ0v) is 9.74. The second kappa shape index (κ2) is 3.97. The number of aromatic nitrogens is 2. The Bertz CT molecular complexity index is 331. The Morgan fingerprint density at radius 2 is 2.47 bits per heavy atom. The molecule has 1 heterocycles. The lowest BCUT2D eigenvalue weighted by Crippen LogP contribution is -2.40. The summed E-state index contributed by atoms with van der Waals surface area (Å²) in [7, 11) is 2.04. The Kier molecular flexibility index (Phi) is 2.83. The summed E-state index contributed by atoms with van der Waals surface area (Å²) in [6.45, 7) is 2.26. The molecular weight excluding hydrogens is 186 g/mol. The molecule has 2 unspecified atom stereocenters. The van der Waals surface area contributed by atoms with E-state index in [1.54, 1.807) is 0 Å². The Morgan fingerprint density at radius 1 is 1.67 bits per heavy atom. The van der Waals surface area contributed by atoms with E-state index in [1.807, 2.05) is 19.4 Å². The molecule has 1 saturated carbocycles. The van der Waals surface area contributed by atoms with Gasteiger partial charge in [0.05, 0.1) is 0 Å². The fourth-order valence-electron chi connectivity index (χ4n) is 2.66. The third kappa shape index (κ3) is 2.23. The van der Waals surface area contributed by atoms with Gasteiger partial charge in [-0.05, 0) is 25.2 Å². The highest BCUT2D eigenvalue weighted by molar-refractivity contribution is 5.03. The van der Waals surface area contributed by atoms with Gasteiger partial charge in [-0.25, -0.2) is 4.98 Å². The SMILES string of the molecule is CCC1CCC(N)(Cc2nccn2C)C1. The summed E-state index contributed by atoms with van der Waals surface area (Å²) < 4.78 is 2.08. The van der Waals surface area contributed by atoms with E-state index in [9.17, 15) is 0 Å². The van der Waals surface area contributed by atoms with Crippen LogP contribution in [0.2, 0.25) is 0 Å². The van der Waals surface area contributed by atoms with Crippen molar-refractivity contribution in [3.63, 3.8) is 0 Å². The molecule has 15 heavy (non-hydrogen) atoms. The fourth-order valence-corrected chi connectivity index (χ4v) is 2.66. The molecule has 3 heteroatoms. The molecule has 1 aliphatic carbocycles. The number of hydrogen-bond donors (Lipinski definition) is 1. The van der Waals surface area contributed by atoms with E-state index in [4.69, 9.17) is 5.73 Å². The van der Waals surface area contributed by atoms with Crippen LogP contribution in [0.3, 0.4) is 0 Å². The van der Waals surface area contributed by atoms with Crippen LogP contribution in [-0.2, 0) is 13.5 Å². The Hall–Kier alpha value is -0.830. The molecule has 1 fully saturated rings. The summed E-state index contributed by atoms with van der Waals surface area (Å²) >= 11 is 0. The predicted molar refractivity (Wildman–Crippen MR) is 61.5 cm³/mol. The van der Waals surface area contributed by atoms with Gasteiger partial charge in [-0.1, -0.05) is 13.3 Å². The average molecular weight is 207 g/mol. The number of rotatable bonds is 3. The van der Waals surface area contributed by atoms with Crippen LogP contribution in [0.15, 0.2) is 12.4 Å². The smallest absolute Gasteiger partial charge is 0.110 e. The van der Waals surface area contributed by atoms with Gasteiger partial charge in [0, 0.05) is 31.4 Å². The molecule has 1 aromatic rings. The van der Waals surface area contributed by atoms with Crippen LogP contribution in [0.25, 0.3) is 0 Å². The Morgan fingerprint density at radius 3 is 3.00 bits per heavy atom. The van der Waals surface area contributed by atoms with E-state index < -0.39 is 0 Å². The minimum absolute atomic E-state index is 0.000208. The van der Waals surface area contributed by atoms with Crippen LogP contribution in [0.5, 0.6) is 0 Å². The van der Waals surface area contributed by atoms with Crippen molar-refractivity contribution in [1.29, 1.82) is 0 Å². The van der Waals surface area contributed by atoms with Gasteiger partial charge in [0.25, 0.3) is 0 Å². The minimum atomic E-state index is -0.000208. The topological polar surface area (TPSA) is 43.8 Å². The zero-order valence-electron chi connectivity index (χ0n) is 9.74. The molecule has 0 bridgehead atoms. The lowest BCUT2D eigenvalue weighted by atomic mass is 9.92. The van der Waals surface area contributed by atoms with Crippen molar-refractivity contribution >= 4 is 0 Å². The molecule has 2 rings (SSSR count). The lowest BCUT2D eigenvalue weighted by molar-refractivity contribution is 0.395. The molecule has 3 nitrogen and oxygen atoms in total. The predicted octanol–water partition coefficient (Wildman–Crippen LogP) is 1.87. The fraction of sp³-hybridized carbons (Fsp3) is 0.750. The highest BCUT2D eigenvalue weighted by atomic mass is 15.0. The van der Waals surface area contributed by atoms with Gasteiger partial charge in [-0.3, -0.25) is 0 Å². The molecule has 0 saturated heterocycles. The van der Waals surface area contributed by atoms with E-state index >= 15 is 0 Å². The maximum atomic E-state index is 6.43. The van der Waals surface area contributed by atoms with E-state index in [2.05, 4.69) is 16.5 Å². The molecule has 1 aromatic heterocycles. The van der Waals surface area contributed by atoms with Crippen molar-refractivity contribution in [1.82, 2.24) is 9.55 Å². The number of imidazole rings is 1. The molecule has 0 aliphatic heterocycles. The molecule has 0 amide bonds. The molecule has 0 aromatic carbocycles. The molecule has 0 radical (unpaired) electrons. The van der Waals surface area contributed by atoms with E-state index in [0.29, 0.717) is 0 Å². The Labute approximate surface area is 91.7 Å². The highest BCUT2D eigenvalue weighted by Gasteiger charge is 2.35.